The molecule has 4 heteroatoms. The van der Waals surface area contributed by atoms with Crippen molar-refractivity contribution in [2.45, 2.75) is 69.9 Å². The Morgan fingerprint density at radius 1 is 1.04 bits per heavy atom. The van der Waals surface area contributed by atoms with Crippen molar-refractivity contribution in [3.63, 3.8) is 0 Å². The summed E-state index contributed by atoms with van der Waals surface area (Å²) < 4.78 is 0. The van der Waals surface area contributed by atoms with Crippen molar-refractivity contribution in [1.29, 1.82) is 0 Å². The average molecular weight is 368 g/mol. The summed E-state index contributed by atoms with van der Waals surface area (Å²) in [4.78, 5) is 17.3. The van der Waals surface area contributed by atoms with Crippen LogP contribution in [0.2, 0.25) is 0 Å². The number of carbonyl (C=O) groups is 1. The van der Waals surface area contributed by atoms with Gasteiger partial charge < -0.3 is 10.2 Å². The zero-order chi connectivity index (χ0) is 18.5. The predicted octanol–water partition coefficient (Wildman–Crippen LogP) is 4.70. The van der Waals surface area contributed by atoms with Gasteiger partial charge in [-0.25, -0.2) is 0 Å². The lowest BCUT2D eigenvalue weighted by Crippen LogP contribution is -2.35. The van der Waals surface area contributed by atoms with E-state index in [4.69, 9.17) is 0 Å². The van der Waals surface area contributed by atoms with Gasteiger partial charge in [-0.3, -0.25) is 9.69 Å². The summed E-state index contributed by atoms with van der Waals surface area (Å²) in [5.41, 5.74) is 2.34. The lowest BCUT2D eigenvalue weighted by atomic mass is 10.0. The Hall–Kier alpha value is -1.81. The van der Waals surface area contributed by atoms with Gasteiger partial charge in [-0.05, 0) is 75.4 Å². The third-order valence-electron chi connectivity index (χ3n) is 6.41. The molecule has 0 bridgehead atoms. The van der Waals surface area contributed by atoms with Crippen molar-refractivity contribution < 1.29 is 4.79 Å². The van der Waals surface area contributed by atoms with Crippen LogP contribution in [0.15, 0.2) is 36.5 Å². The third kappa shape index (κ3) is 4.73. The maximum Gasteiger partial charge on any atom is 0.224 e. The van der Waals surface area contributed by atoms with Crippen molar-refractivity contribution in [1.82, 2.24) is 9.80 Å². The second-order valence-electron chi connectivity index (χ2n) is 8.32. The summed E-state index contributed by atoms with van der Waals surface area (Å²) in [5, 5.41) is 3.06. The molecule has 2 saturated heterocycles. The molecule has 146 valence electrons. The number of nitrogens with one attached hydrogen (secondary N) is 1. The van der Waals surface area contributed by atoms with Gasteiger partial charge in [-0.1, -0.05) is 24.6 Å². The number of hydrogen-bond donors (Lipinski definition) is 1. The molecule has 1 N–H and O–H groups in total. The first-order chi connectivity index (χ1) is 13.3. The van der Waals surface area contributed by atoms with Crippen LogP contribution in [0.25, 0.3) is 0 Å². The first kappa shape index (κ1) is 18.5. The van der Waals surface area contributed by atoms with Gasteiger partial charge in [0.1, 0.15) is 0 Å². The molecule has 0 spiro atoms. The Bertz CT molecular complexity index is 654. The summed E-state index contributed by atoms with van der Waals surface area (Å²) in [5.74, 6) is 0.126. The van der Waals surface area contributed by atoms with Crippen molar-refractivity contribution in [3.8, 4) is 0 Å². The van der Waals surface area contributed by atoms with Crippen molar-refractivity contribution in [3.05, 3.63) is 42.1 Å². The van der Waals surface area contributed by atoms with Gasteiger partial charge in [0.15, 0.2) is 0 Å². The fraction of sp³-hybridized carbons (Fsp3) is 0.609. The van der Waals surface area contributed by atoms with E-state index < -0.39 is 0 Å². The molecule has 4 rings (SSSR count). The Morgan fingerprint density at radius 2 is 1.93 bits per heavy atom. The fourth-order valence-electron chi connectivity index (χ4n) is 4.97. The van der Waals surface area contributed by atoms with Crippen LogP contribution in [-0.2, 0) is 4.79 Å². The predicted molar refractivity (Wildman–Crippen MR) is 111 cm³/mol. The standard InChI is InChI=1S/C23H33N3O/c27-23(8-6-17-25-15-3-1-4-16-25)24-20-11-9-19(10-12-20)22-14-13-21-7-2-5-18-26(21)22/h3,9-12,15,21-22H,1-2,4-8,13-14,16-18H2,(H,24,27)/t21-,22-/m1/s1. The molecule has 2 fully saturated rings. The van der Waals surface area contributed by atoms with Crippen molar-refractivity contribution >= 4 is 11.6 Å². The fourth-order valence-corrected chi connectivity index (χ4v) is 4.97. The average Bonchev–Trinajstić information content (AvgIpc) is 3.14. The number of piperidine rings is 1. The zero-order valence-electron chi connectivity index (χ0n) is 16.4. The van der Waals surface area contributed by atoms with Gasteiger partial charge >= 0.3 is 0 Å². The molecule has 1 amide bonds. The maximum absolute atomic E-state index is 12.2. The number of anilines is 1. The van der Waals surface area contributed by atoms with E-state index in [0.717, 1.165) is 31.2 Å². The second-order valence-corrected chi connectivity index (χ2v) is 8.32. The van der Waals surface area contributed by atoms with Crippen LogP contribution in [0, 0.1) is 0 Å². The molecule has 3 aliphatic rings. The molecular formula is C23H33N3O. The molecule has 0 aliphatic carbocycles. The normalized spacial score (nSPS) is 25.4. The highest BCUT2D eigenvalue weighted by atomic mass is 16.1. The molecule has 4 nitrogen and oxygen atoms in total. The Balaban J connectivity index is 1.24. The molecule has 0 aromatic heterocycles. The number of benzene rings is 1. The summed E-state index contributed by atoms with van der Waals surface area (Å²) in [6, 6.07) is 9.98. The van der Waals surface area contributed by atoms with Crippen molar-refractivity contribution in [2.75, 3.05) is 25.0 Å². The van der Waals surface area contributed by atoms with Crippen LogP contribution < -0.4 is 5.32 Å². The van der Waals surface area contributed by atoms with Gasteiger partial charge in [0, 0.05) is 37.3 Å². The Morgan fingerprint density at radius 3 is 2.74 bits per heavy atom. The van der Waals surface area contributed by atoms with E-state index in [1.54, 1.807) is 0 Å². The number of fused-ring (bicyclic) bond motifs is 1. The highest BCUT2D eigenvalue weighted by Gasteiger charge is 2.35. The molecule has 3 aliphatic heterocycles. The van der Waals surface area contributed by atoms with Gasteiger partial charge in [0.2, 0.25) is 5.91 Å². The SMILES string of the molecule is O=C(CCCN1C=CCCC1)Nc1ccc([C@H]2CC[C@H]3CCCCN32)cc1. The van der Waals surface area contributed by atoms with Gasteiger partial charge in [0.25, 0.3) is 0 Å². The van der Waals surface area contributed by atoms with E-state index in [1.807, 2.05) is 0 Å². The van der Waals surface area contributed by atoms with E-state index in [0.29, 0.717) is 12.5 Å². The molecule has 3 heterocycles. The monoisotopic (exact) mass is 367 g/mol. The molecule has 27 heavy (non-hydrogen) atoms. The molecular weight excluding hydrogens is 334 g/mol. The van der Waals surface area contributed by atoms with E-state index in [9.17, 15) is 4.79 Å². The number of carbonyl (C=O) groups excluding carboxylic acids is 1. The maximum atomic E-state index is 12.2. The molecule has 0 radical (unpaired) electrons. The van der Waals surface area contributed by atoms with E-state index in [-0.39, 0.29) is 5.91 Å². The van der Waals surface area contributed by atoms with Crippen LogP contribution in [0.1, 0.15) is 69.4 Å². The number of rotatable bonds is 6. The van der Waals surface area contributed by atoms with Crippen LogP contribution in [0.4, 0.5) is 5.69 Å². The van der Waals surface area contributed by atoms with Gasteiger partial charge in [0.05, 0.1) is 0 Å². The lowest BCUT2D eigenvalue weighted by Gasteiger charge is -2.34. The highest BCUT2D eigenvalue weighted by Crippen LogP contribution is 2.40. The minimum Gasteiger partial charge on any atom is -0.378 e. The minimum absolute atomic E-state index is 0.126. The second kappa shape index (κ2) is 8.92. The highest BCUT2D eigenvalue weighted by molar-refractivity contribution is 5.90. The topological polar surface area (TPSA) is 35.6 Å². The van der Waals surface area contributed by atoms with E-state index in [1.165, 1.54) is 57.1 Å². The zero-order valence-corrected chi connectivity index (χ0v) is 16.4. The Kier molecular flexibility index (Phi) is 6.13. The lowest BCUT2D eigenvalue weighted by molar-refractivity contribution is -0.116. The van der Waals surface area contributed by atoms with Crippen LogP contribution >= 0.6 is 0 Å². The minimum atomic E-state index is 0.126. The number of amides is 1. The summed E-state index contributed by atoms with van der Waals surface area (Å²) in [6.45, 7) is 3.35. The van der Waals surface area contributed by atoms with Gasteiger partial charge in [-0.15, -0.1) is 0 Å². The molecule has 0 unspecified atom stereocenters. The number of hydrogen-bond acceptors (Lipinski definition) is 3. The summed E-state index contributed by atoms with van der Waals surface area (Å²) >= 11 is 0. The smallest absolute Gasteiger partial charge is 0.224 e. The summed E-state index contributed by atoms with van der Waals surface area (Å²) in [6.07, 6.45) is 15.0. The molecule has 2 atom stereocenters. The first-order valence-electron chi connectivity index (χ1n) is 10.9. The van der Waals surface area contributed by atoms with Gasteiger partial charge in [-0.2, -0.15) is 0 Å². The molecule has 1 aromatic carbocycles. The number of allylic oxidation sites excluding steroid dienone is 1. The quantitative estimate of drug-likeness (QED) is 0.791. The third-order valence-corrected chi connectivity index (χ3v) is 6.41. The summed E-state index contributed by atoms with van der Waals surface area (Å²) in [7, 11) is 0. The molecule has 1 aromatic rings. The van der Waals surface area contributed by atoms with Crippen LogP contribution in [0.5, 0.6) is 0 Å². The van der Waals surface area contributed by atoms with Crippen LogP contribution in [0.3, 0.4) is 0 Å². The number of nitrogens with zero attached hydrogens (tertiary/aromatic N) is 2. The largest absolute Gasteiger partial charge is 0.378 e. The molecule has 0 saturated carbocycles. The Labute approximate surface area is 163 Å². The van der Waals surface area contributed by atoms with E-state index in [2.05, 4.69) is 51.7 Å². The van der Waals surface area contributed by atoms with Crippen LogP contribution in [-0.4, -0.2) is 41.4 Å². The van der Waals surface area contributed by atoms with E-state index >= 15 is 0 Å². The van der Waals surface area contributed by atoms with Crippen molar-refractivity contribution in [2.24, 2.45) is 0 Å². The first-order valence-corrected chi connectivity index (χ1v) is 10.9.